The van der Waals surface area contributed by atoms with Crippen LogP contribution >= 0.6 is 11.3 Å². The SMILES string of the molecule is CN1C[C@@H]2CN(Cc3ncc(C(C)(C)C)s3)C[C@@H]2C1. The van der Waals surface area contributed by atoms with Gasteiger partial charge in [0.05, 0.1) is 6.54 Å². The second-order valence-corrected chi connectivity index (χ2v) is 8.42. The Morgan fingerprint density at radius 3 is 2.37 bits per heavy atom. The Hall–Kier alpha value is -0.450. The highest BCUT2D eigenvalue weighted by molar-refractivity contribution is 7.11. The lowest BCUT2D eigenvalue weighted by molar-refractivity contribution is 0.272. The molecule has 3 nitrogen and oxygen atoms in total. The fraction of sp³-hybridized carbons (Fsp3) is 0.800. The summed E-state index contributed by atoms with van der Waals surface area (Å²) in [5, 5.41) is 1.29. The molecule has 0 bridgehead atoms. The van der Waals surface area contributed by atoms with Gasteiger partial charge in [-0.3, -0.25) is 4.90 Å². The zero-order valence-corrected chi connectivity index (χ0v) is 13.3. The molecule has 0 saturated carbocycles. The van der Waals surface area contributed by atoms with Gasteiger partial charge < -0.3 is 4.90 Å². The van der Waals surface area contributed by atoms with Gasteiger partial charge in [-0.05, 0) is 24.3 Å². The molecule has 2 atom stereocenters. The van der Waals surface area contributed by atoms with Crippen molar-refractivity contribution in [3.8, 4) is 0 Å². The molecule has 0 spiro atoms. The fourth-order valence-electron chi connectivity index (χ4n) is 3.38. The number of rotatable bonds is 2. The van der Waals surface area contributed by atoms with E-state index in [1.54, 1.807) is 0 Å². The highest BCUT2D eigenvalue weighted by atomic mass is 32.1. The molecule has 2 aliphatic heterocycles. The number of hydrogen-bond donors (Lipinski definition) is 0. The molecule has 4 heteroatoms. The highest BCUT2D eigenvalue weighted by Crippen LogP contribution is 2.33. The summed E-state index contributed by atoms with van der Waals surface area (Å²) in [5.41, 5.74) is 0.236. The standard InChI is InChI=1S/C15H25N3S/c1-15(2,3)13-5-16-14(19-13)10-18-8-11-6-17(4)7-12(11)9-18/h5,11-12H,6-10H2,1-4H3/t11-,12+. The van der Waals surface area contributed by atoms with Gasteiger partial charge in [0.25, 0.3) is 0 Å². The van der Waals surface area contributed by atoms with E-state index in [1.165, 1.54) is 36.1 Å². The molecule has 0 aliphatic carbocycles. The molecule has 0 N–H and O–H groups in total. The Labute approximate surface area is 120 Å². The van der Waals surface area contributed by atoms with E-state index in [4.69, 9.17) is 0 Å². The van der Waals surface area contributed by atoms with Crippen molar-refractivity contribution in [1.29, 1.82) is 0 Å². The molecule has 0 amide bonds. The van der Waals surface area contributed by atoms with Crippen LogP contribution in [0, 0.1) is 11.8 Å². The molecule has 0 radical (unpaired) electrons. The first-order chi connectivity index (χ1) is 8.91. The van der Waals surface area contributed by atoms with Crippen LogP contribution in [-0.2, 0) is 12.0 Å². The van der Waals surface area contributed by atoms with E-state index < -0.39 is 0 Å². The zero-order chi connectivity index (χ0) is 13.6. The third-order valence-corrected chi connectivity index (χ3v) is 5.80. The first-order valence-corrected chi connectivity index (χ1v) is 8.09. The van der Waals surface area contributed by atoms with E-state index in [0.29, 0.717) is 0 Å². The zero-order valence-electron chi connectivity index (χ0n) is 12.5. The van der Waals surface area contributed by atoms with Crippen LogP contribution in [0.1, 0.15) is 30.7 Å². The molecular formula is C15H25N3S. The minimum atomic E-state index is 0.236. The first-order valence-electron chi connectivity index (χ1n) is 7.28. The lowest BCUT2D eigenvalue weighted by Crippen LogP contribution is -2.26. The van der Waals surface area contributed by atoms with E-state index in [9.17, 15) is 0 Å². The third-order valence-electron chi connectivity index (χ3n) is 4.40. The van der Waals surface area contributed by atoms with Crippen molar-refractivity contribution >= 4 is 11.3 Å². The summed E-state index contributed by atoms with van der Waals surface area (Å²) in [6.45, 7) is 12.9. The summed E-state index contributed by atoms with van der Waals surface area (Å²) in [4.78, 5) is 11.1. The lowest BCUT2D eigenvalue weighted by atomic mass is 9.96. The Balaban J connectivity index is 1.60. The van der Waals surface area contributed by atoms with Crippen LogP contribution in [0.5, 0.6) is 0 Å². The summed E-state index contributed by atoms with van der Waals surface area (Å²) in [6, 6.07) is 0. The van der Waals surface area contributed by atoms with Gasteiger partial charge in [0.15, 0.2) is 0 Å². The maximum atomic E-state index is 4.62. The van der Waals surface area contributed by atoms with Crippen LogP contribution in [-0.4, -0.2) is 48.0 Å². The first kappa shape index (κ1) is 13.5. The van der Waals surface area contributed by atoms with Crippen molar-refractivity contribution in [1.82, 2.24) is 14.8 Å². The van der Waals surface area contributed by atoms with Gasteiger partial charge >= 0.3 is 0 Å². The van der Waals surface area contributed by atoms with Crippen LogP contribution in [0.25, 0.3) is 0 Å². The van der Waals surface area contributed by atoms with Gasteiger partial charge in [-0.15, -0.1) is 11.3 Å². The van der Waals surface area contributed by atoms with E-state index in [-0.39, 0.29) is 5.41 Å². The summed E-state index contributed by atoms with van der Waals surface area (Å²) in [6.07, 6.45) is 2.07. The van der Waals surface area contributed by atoms with Gasteiger partial charge in [-0.25, -0.2) is 4.98 Å². The topological polar surface area (TPSA) is 19.4 Å². The number of likely N-dealkylation sites (tertiary alicyclic amines) is 2. The average molecular weight is 279 g/mol. The second kappa shape index (κ2) is 4.83. The van der Waals surface area contributed by atoms with Gasteiger partial charge in [0.1, 0.15) is 5.01 Å². The molecule has 1 aromatic rings. The van der Waals surface area contributed by atoms with Crippen LogP contribution in [0.3, 0.4) is 0 Å². The molecule has 0 unspecified atom stereocenters. The Morgan fingerprint density at radius 2 is 1.84 bits per heavy atom. The van der Waals surface area contributed by atoms with Gasteiger partial charge in [0, 0.05) is 37.3 Å². The predicted octanol–water partition coefficient (Wildman–Crippen LogP) is 2.43. The van der Waals surface area contributed by atoms with Crippen molar-refractivity contribution in [2.75, 3.05) is 33.2 Å². The number of aromatic nitrogens is 1. The predicted molar refractivity (Wildman–Crippen MR) is 80.6 cm³/mol. The number of hydrogen-bond acceptors (Lipinski definition) is 4. The molecule has 2 fully saturated rings. The highest BCUT2D eigenvalue weighted by Gasteiger charge is 2.38. The summed E-state index contributed by atoms with van der Waals surface area (Å²) >= 11 is 1.89. The Morgan fingerprint density at radius 1 is 1.21 bits per heavy atom. The van der Waals surface area contributed by atoms with E-state index in [2.05, 4.69) is 48.8 Å². The van der Waals surface area contributed by atoms with Gasteiger partial charge in [0.2, 0.25) is 0 Å². The molecular weight excluding hydrogens is 254 g/mol. The monoisotopic (exact) mass is 279 g/mol. The largest absolute Gasteiger partial charge is 0.306 e. The minimum Gasteiger partial charge on any atom is -0.306 e. The van der Waals surface area contributed by atoms with Crippen molar-refractivity contribution < 1.29 is 0 Å². The van der Waals surface area contributed by atoms with Gasteiger partial charge in [-0.1, -0.05) is 20.8 Å². The van der Waals surface area contributed by atoms with Crippen LogP contribution < -0.4 is 0 Å². The fourth-order valence-corrected chi connectivity index (χ4v) is 4.39. The molecule has 19 heavy (non-hydrogen) atoms. The van der Waals surface area contributed by atoms with Crippen molar-refractivity contribution in [2.24, 2.45) is 11.8 Å². The molecule has 0 aromatic carbocycles. The number of fused-ring (bicyclic) bond motifs is 1. The van der Waals surface area contributed by atoms with E-state index in [0.717, 1.165) is 18.4 Å². The molecule has 3 heterocycles. The average Bonchev–Trinajstić information content (AvgIpc) is 2.91. The van der Waals surface area contributed by atoms with E-state index in [1.807, 2.05) is 11.3 Å². The Bertz CT molecular complexity index is 434. The van der Waals surface area contributed by atoms with Crippen LogP contribution in [0.4, 0.5) is 0 Å². The lowest BCUT2D eigenvalue weighted by Gasteiger charge is -2.18. The normalized spacial score (nSPS) is 29.1. The minimum absolute atomic E-state index is 0.236. The van der Waals surface area contributed by atoms with Gasteiger partial charge in [-0.2, -0.15) is 0 Å². The molecule has 3 rings (SSSR count). The van der Waals surface area contributed by atoms with E-state index >= 15 is 0 Å². The Kier molecular flexibility index (Phi) is 3.44. The molecule has 2 saturated heterocycles. The van der Waals surface area contributed by atoms with Crippen molar-refractivity contribution in [3.63, 3.8) is 0 Å². The molecule has 106 valence electrons. The second-order valence-electron chi connectivity index (χ2n) is 7.30. The number of thiazole rings is 1. The molecule has 1 aromatic heterocycles. The quantitative estimate of drug-likeness (QED) is 0.829. The summed E-state index contributed by atoms with van der Waals surface area (Å²) in [5.74, 6) is 1.79. The number of nitrogens with zero attached hydrogens (tertiary/aromatic N) is 3. The smallest absolute Gasteiger partial charge is 0.107 e. The summed E-state index contributed by atoms with van der Waals surface area (Å²) in [7, 11) is 2.25. The molecule has 2 aliphatic rings. The van der Waals surface area contributed by atoms with Crippen molar-refractivity contribution in [3.05, 3.63) is 16.1 Å². The maximum Gasteiger partial charge on any atom is 0.107 e. The maximum absolute atomic E-state index is 4.62. The van der Waals surface area contributed by atoms with Crippen LogP contribution in [0.15, 0.2) is 6.20 Å². The summed E-state index contributed by atoms with van der Waals surface area (Å²) < 4.78 is 0. The third kappa shape index (κ3) is 2.86. The van der Waals surface area contributed by atoms with Crippen molar-refractivity contribution in [2.45, 2.75) is 32.7 Å². The van der Waals surface area contributed by atoms with Crippen LogP contribution in [0.2, 0.25) is 0 Å².